The maximum atomic E-state index is 12.1. The van der Waals surface area contributed by atoms with Crippen LogP contribution < -0.4 is 21.3 Å². The lowest BCUT2D eigenvalue weighted by Gasteiger charge is -2.28. The standard InChI is InChI=1S/C15H29N3O4Si.C15H28N2O3Si.C14H30N2O5Si.C12H24N2O3Si.C11H22O4Si.C9H20O5Si.C9H20O4Si.C3H6.ClH/c1-6-20-23(21-7-2,22-8-3)11-9-10-16-15(19)18-14(5)12-13(4)17-18;1-18-21(19-2,20-3)13-7-10-16-11-12-17-14-15-8-5-4-6-9-15;1-6-13(5)16-21-14(17)15-11-10-12-22(18-7-2,19-8-3)20-9-4;1-4-15-18(16-5-2,17-6-3)11-7-9-14-10-8-13-12-14;1-12-16(13-2,14-3)7-6-9-4-5-10-11(8-9)15-10;1-10-15(11-2,12-3)6-4-5-13-7-9-8-14-9;1-10-14(3,11-2)6-4-5-12-7-9-8-13-9;1-3-2;/h12H,6-11H2,1-5H3,(H,16,19);4-6,8-9,16-17H,7,10-14H2,1-3H3;6-12H2,1-5H3,(H,15,17);8,10,12H,4-7,9,11H2,1-3H3;9-11H,4-8H2,1-3H3;9H,4-8H2,1-3H3;9H,4-8H2,1-3H3;3H,1H2,2H3;1H/b;;16-13+;;;;;;. The molecule has 0 bridgehead atoms. The number of carbonyl (C=O) groups is 2. The minimum Gasteiger partial charge on any atom is -0.398 e. The van der Waals surface area contributed by atoms with Crippen molar-refractivity contribution in [1.29, 1.82) is 0 Å². The van der Waals surface area contributed by atoms with E-state index in [4.69, 9.17) is 117 Å². The molecule has 1 aliphatic carbocycles. The van der Waals surface area contributed by atoms with Crippen molar-refractivity contribution in [2.45, 2.75) is 254 Å². The van der Waals surface area contributed by atoms with E-state index in [1.54, 1.807) is 97.4 Å². The molecule has 5 unspecified atom stereocenters. The predicted octanol–water partition coefficient (Wildman–Crippen LogP) is 14.7. The molecule has 37 nitrogen and oxygen atoms in total. The lowest BCUT2D eigenvalue weighted by molar-refractivity contribution is 0.0698. The quantitative estimate of drug-likeness (QED) is 0.00775. The highest BCUT2D eigenvalue weighted by atomic mass is 35.5. The molecule has 5 heterocycles. The normalized spacial score (nSPS) is 16.2. The molecule has 2 aromatic heterocycles. The van der Waals surface area contributed by atoms with Gasteiger partial charge in [-0.25, -0.2) is 14.6 Å². The average molecular weight is 2040 g/mol. The van der Waals surface area contributed by atoms with Gasteiger partial charge in [0.25, 0.3) is 0 Å². The lowest BCUT2D eigenvalue weighted by Crippen LogP contribution is -2.46. The van der Waals surface area contributed by atoms with Gasteiger partial charge in [0.05, 0.1) is 56.4 Å². The number of nitrogens with one attached hydrogen (secondary N) is 4. The molecule has 4 aliphatic rings. The van der Waals surface area contributed by atoms with E-state index in [1.807, 2.05) is 115 Å². The second kappa shape index (κ2) is 81.1. The molecule has 780 valence electrons. The third-order valence-electron chi connectivity index (χ3n) is 20.8. The Balaban J connectivity index is 0. The number of hydrogen-bond donors (Lipinski definition) is 4. The number of nitrogens with zero attached hydrogens (tertiary/aromatic N) is 5. The highest BCUT2D eigenvalue weighted by molar-refractivity contribution is 6.66. The highest BCUT2D eigenvalue weighted by Gasteiger charge is 2.47. The SMILES string of the molecule is C=CC.CCO[Si](CCCNC(=O)O/N=C(\C)CC)(OCC)OCC.CCO[Si](CCCNC(=O)n1nc(C)cc1C)(OCC)OCC.CCO[Si](CCCn1ccnc1)(OCC)OCC.CO[Si](C)(CCCOCC1CO1)OC.CO[Si](CCC1CCC2OC2C1)(OC)OC.CO[Si](CCCNCCNCc1ccccc1)(OC)OC.CO[Si](CCCOCC1CO1)(OC)OC.Cl. The van der Waals surface area contributed by atoms with Gasteiger partial charge in [-0.15, -0.1) is 19.0 Å². The van der Waals surface area contributed by atoms with E-state index in [1.165, 1.54) is 29.5 Å². The van der Waals surface area contributed by atoms with Crippen molar-refractivity contribution >= 4 is 91.6 Å². The number of aromatic nitrogens is 4. The number of allylic oxidation sites excluding steroid dienone is 1. The molecule has 0 radical (unpaired) electrons. The van der Waals surface area contributed by atoms with Crippen LogP contribution in [-0.2, 0) is 130 Å². The molecule has 3 aromatic rings. The van der Waals surface area contributed by atoms with Crippen molar-refractivity contribution in [3.63, 3.8) is 0 Å². The van der Waals surface area contributed by atoms with E-state index in [0.717, 1.165) is 157 Å². The minimum absolute atomic E-state index is 0. The third-order valence-corrected chi connectivity index (χ3v) is 41.7. The van der Waals surface area contributed by atoms with Crippen LogP contribution in [0, 0.1) is 19.8 Å². The highest BCUT2D eigenvalue weighted by Crippen LogP contribution is 2.42. The number of carbonyl (C=O) groups excluding carboxylic acids is 2. The fourth-order valence-corrected chi connectivity index (χ4v) is 27.8. The number of hydrogen-bond acceptors (Lipinski definition) is 33. The van der Waals surface area contributed by atoms with Crippen molar-refractivity contribution in [3.05, 3.63) is 84.7 Å². The molecule has 3 aliphatic heterocycles. The first kappa shape index (κ1) is 132. The summed E-state index contributed by atoms with van der Waals surface area (Å²) < 4.78 is 141. The zero-order chi connectivity index (χ0) is 98.7. The van der Waals surface area contributed by atoms with E-state index in [0.29, 0.717) is 129 Å². The molecule has 133 heavy (non-hydrogen) atoms. The third kappa shape index (κ3) is 61.1. The van der Waals surface area contributed by atoms with Crippen LogP contribution in [-0.4, -0.2) is 333 Å². The number of ether oxygens (including phenoxy) is 5. The van der Waals surface area contributed by atoms with Gasteiger partial charge < -0.3 is 138 Å². The van der Waals surface area contributed by atoms with E-state index < -0.39 is 67.5 Å². The summed E-state index contributed by atoms with van der Waals surface area (Å²) >= 11 is 0. The van der Waals surface area contributed by atoms with Crippen LogP contribution in [0.15, 0.2) is 72.9 Å². The number of rotatable bonds is 67. The molecule has 5 atom stereocenters. The second-order valence-electron chi connectivity index (χ2n) is 30.7. The summed E-state index contributed by atoms with van der Waals surface area (Å²) in [6.07, 6.45) is 19.5. The number of benzene rings is 1. The summed E-state index contributed by atoms with van der Waals surface area (Å²) in [5.74, 6) is 0.760. The van der Waals surface area contributed by atoms with Crippen LogP contribution in [0.3, 0.4) is 0 Å². The topological polar surface area (TPSA) is 380 Å². The number of imidazole rings is 1. The number of aryl methyl sites for hydroxylation is 3. The minimum atomic E-state index is -2.63. The first-order chi connectivity index (χ1) is 63.6. The molecule has 1 aromatic carbocycles. The van der Waals surface area contributed by atoms with Gasteiger partial charge >= 0.3 is 73.5 Å². The van der Waals surface area contributed by atoms with E-state index in [9.17, 15) is 9.59 Å². The molecular weight excluding hydrogens is 1860 g/mol. The van der Waals surface area contributed by atoms with Crippen molar-refractivity contribution < 1.29 is 127 Å². The van der Waals surface area contributed by atoms with Gasteiger partial charge in [-0.05, 0) is 197 Å². The van der Waals surface area contributed by atoms with Gasteiger partial charge in [-0.2, -0.15) is 9.78 Å². The molecule has 7 rings (SSSR count). The summed E-state index contributed by atoms with van der Waals surface area (Å²) in [4.78, 5) is 32.3. The first-order valence-corrected chi connectivity index (χ1v) is 61.4. The van der Waals surface area contributed by atoms with Gasteiger partial charge in [-0.1, -0.05) is 48.5 Å². The molecule has 3 saturated heterocycles. The number of oxime groups is 1. The van der Waals surface area contributed by atoms with Crippen molar-refractivity contribution in [2.24, 2.45) is 11.1 Å². The average Bonchev–Trinajstić information content (AvgIpc) is 1.66. The summed E-state index contributed by atoms with van der Waals surface area (Å²) in [6.45, 7) is 47.8. The molecular formula is C88H180ClN9O28Si7. The Labute approximate surface area is 813 Å². The van der Waals surface area contributed by atoms with Gasteiger partial charge in [0, 0.05) is 245 Å². The number of epoxide rings is 3. The first-order valence-electron chi connectivity index (χ1n) is 47.3. The zero-order valence-electron chi connectivity index (χ0n) is 86.2. The van der Waals surface area contributed by atoms with Crippen LogP contribution in [0.1, 0.15) is 171 Å². The van der Waals surface area contributed by atoms with Crippen LogP contribution in [0.25, 0.3) is 0 Å². The Morgan fingerprint density at radius 2 is 0.940 bits per heavy atom. The molecule has 2 amide bonds. The van der Waals surface area contributed by atoms with E-state index >= 15 is 0 Å². The van der Waals surface area contributed by atoms with Crippen LogP contribution >= 0.6 is 12.4 Å². The molecule has 45 heteroatoms. The van der Waals surface area contributed by atoms with Gasteiger partial charge in [-0.3, -0.25) is 4.84 Å². The Bertz CT molecular complexity index is 3170. The number of fused-ring (bicyclic) bond motifs is 1. The molecule has 4 fully saturated rings. The summed E-state index contributed by atoms with van der Waals surface area (Å²) in [7, 11) is 1.58. The molecule has 4 N–H and O–H groups in total. The van der Waals surface area contributed by atoms with Crippen molar-refractivity contribution in [2.75, 3.05) is 210 Å². The second-order valence-corrected chi connectivity index (χ2v) is 51.7. The Hall–Kier alpha value is -3.48. The summed E-state index contributed by atoms with van der Waals surface area (Å²) in [5, 5.41) is 20.2. The van der Waals surface area contributed by atoms with E-state index in [-0.39, 0.29) is 18.4 Å². The van der Waals surface area contributed by atoms with Crippen molar-refractivity contribution in [3.8, 4) is 0 Å². The van der Waals surface area contributed by atoms with Crippen molar-refractivity contribution in [1.82, 2.24) is 40.6 Å². The van der Waals surface area contributed by atoms with Crippen LogP contribution in [0.5, 0.6) is 0 Å². The summed E-state index contributed by atoms with van der Waals surface area (Å²) in [6, 6.07) is 17.8. The maximum absolute atomic E-state index is 12.1. The smallest absolute Gasteiger partial charge is 0.398 e. The number of halogens is 1. The Kier molecular flexibility index (Phi) is 80.2. The van der Waals surface area contributed by atoms with Crippen LogP contribution in [0.4, 0.5) is 9.59 Å². The molecule has 0 spiro atoms. The van der Waals surface area contributed by atoms with Gasteiger partial charge in [0.1, 0.15) is 12.2 Å². The monoisotopic (exact) mass is 2040 g/mol. The lowest BCUT2D eigenvalue weighted by atomic mass is 9.88. The van der Waals surface area contributed by atoms with Gasteiger partial charge in [0.15, 0.2) is 0 Å². The van der Waals surface area contributed by atoms with E-state index in [2.05, 4.69) is 78.5 Å². The summed E-state index contributed by atoms with van der Waals surface area (Å²) in [5.41, 5.74) is 3.73. The fourth-order valence-electron chi connectivity index (χ4n) is 13.3. The molecule has 1 saturated carbocycles. The maximum Gasteiger partial charge on any atom is 0.500 e. The fraction of sp³-hybridized carbons (Fsp3) is 0.807. The Morgan fingerprint density at radius 3 is 1.34 bits per heavy atom. The van der Waals surface area contributed by atoms with Gasteiger partial charge in [0.2, 0.25) is 0 Å². The largest absolute Gasteiger partial charge is 0.500 e. The zero-order valence-corrected chi connectivity index (χ0v) is 94.0. The Morgan fingerprint density at radius 1 is 0.526 bits per heavy atom. The predicted molar refractivity (Wildman–Crippen MR) is 536 cm³/mol. The number of amides is 2. The van der Waals surface area contributed by atoms with Crippen LogP contribution in [0.2, 0.25) is 48.9 Å².